The van der Waals surface area contributed by atoms with Crippen molar-refractivity contribution >= 4 is 32.9 Å². The number of rotatable bonds is 7. The van der Waals surface area contributed by atoms with Crippen LogP contribution in [0.15, 0.2) is 53.4 Å². The van der Waals surface area contributed by atoms with Crippen LogP contribution in [0.4, 0.5) is 11.4 Å². The van der Waals surface area contributed by atoms with Crippen molar-refractivity contribution < 1.29 is 13.2 Å². The van der Waals surface area contributed by atoms with Crippen LogP contribution in [0, 0.1) is 0 Å². The van der Waals surface area contributed by atoms with Crippen molar-refractivity contribution in [3.63, 3.8) is 0 Å². The predicted octanol–water partition coefficient (Wildman–Crippen LogP) is 3.90. The maximum Gasteiger partial charge on any atom is 0.264 e. The lowest BCUT2D eigenvalue weighted by molar-refractivity contribution is -0.114. The van der Waals surface area contributed by atoms with Gasteiger partial charge in [0.1, 0.15) is 0 Å². The summed E-state index contributed by atoms with van der Waals surface area (Å²) in [5.74, 6) is -0.195. The maximum absolute atomic E-state index is 13.2. The van der Waals surface area contributed by atoms with Crippen LogP contribution in [-0.2, 0) is 21.2 Å². The molecule has 1 heterocycles. The summed E-state index contributed by atoms with van der Waals surface area (Å²) in [5.41, 5.74) is 4.96. The normalized spacial score (nSPS) is 16.1. The van der Waals surface area contributed by atoms with Crippen LogP contribution in [0.1, 0.15) is 37.3 Å². The average Bonchev–Trinajstić information content (AvgIpc) is 3.41. The molecule has 2 aliphatic rings. The smallest absolute Gasteiger partial charge is 0.264 e. The zero-order valence-electron chi connectivity index (χ0n) is 18.1. The van der Waals surface area contributed by atoms with Crippen molar-refractivity contribution in [2.45, 2.75) is 37.5 Å². The fraction of sp³-hybridized carbons (Fsp3) is 0.375. The van der Waals surface area contributed by atoms with Gasteiger partial charge in [-0.2, -0.15) is 0 Å². The monoisotopic (exact) mass is 439 g/mol. The number of hydrogen-bond donors (Lipinski definition) is 1. The van der Waals surface area contributed by atoms with Crippen LogP contribution < -0.4 is 9.62 Å². The lowest BCUT2D eigenvalue weighted by atomic mass is 10.0. The van der Waals surface area contributed by atoms with Crippen LogP contribution in [0.25, 0.3) is 5.57 Å². The molecule has 0 unspecified atom stereocenters. The third-order valence-corrected chi connectivity index (χ3v) is 7.90. The van der Waals surface area contributed by atoms with Gasteiger partial charge in [-0.15, -0.1) is 0 Å². The third-order valence-electron chi connectivity index (χ3n) is 6.10. The van der Waals surface area contributed by atoms with Crippen molar-refractivity contribution in [2.24, 2.45) is 0 Å². The quantitative estimate of drug-likeness (QED) is 0.711. The molecule has 0 saturated carbocycles. The van der Waals surface area contributed by atoms with E-state index < -0.39 is 10.0 Å². The Morgan fingerprint density at radius 1 is 1.10 bits per heavy atom. The molecule has 1 aliphatic carbocycles. The van der Waals surface area contributed by atoms with E-state index in [2.05, 4.69) is 16.3 Å². The van der Waals surface area contributed by atoms with Crippen molar-refractivity contribution in [3.8, 4) is 0 Å². The van der Waals surface area contributed by atoms with E-state index in [1.54, 1.807) is 19.2 Å². The summed E-state index contributed by atoms with van der Waals surface area (Å²) in [4.78, 5) is 13.9. The second-order valence-electron chi connectivity index (χ2n) is 8.25. The summed E-state index contributed by atoms with van der Waals surface area (Å²) in [6.07, 6.45) is 6.76. The van der Waals surface area contributed by atoms with Crippen LogP contribution >= 0.6 is 0 Å². The first-order chi connectivity index (χ1) is 14.8. The largest absolute Gasteiger partial charge is 0.326 e. The summed E-state index contributed by atoms with van der Waals surface area (Å²) in [6, 6.07) is 12.2. The Balaban J connectivity index is 1.52. The van der Waals surface area contributed by atoms with E-state index in [4.69, 9.17) is 0 Å². The first-order valence-electron chi connectivity index (χ1n) is 10.8. The highest BCUT2D eigenvalue weighted by atomic mass is 32.2. The fourth-order valence-corrected chi connectivity index (χ4v) is 5.50. The molecule has 6 nitrogen and oxygen atoms in total. The van der Waals surface area contributed by atoms with Gasteiger partial charge in [0.05, 0.1) is 10.6 Å². The fourth-order valence-electron chi connectivity index (χ4n) is 4.31. The van der Waals surface area contributed by atoms with Gasteiger partial charge in [0.2, 0.25) is 5.91 Å². The summed E-state index contributed by atoms with van der Waals surface area (Å²) in [7, 11) is -2.12. The molecule has 1 saturated heterocycles. The highest BCUT2D eigenvalue weighted by molar-refractivity contribution is 7.92. The molecule has 7 heteroatoms. The van der Waals surface area contributed by atoms with Crippen LogP contribution in [0.2, 0.25) is 0 Å². The summed E-state index contributed by atoms with van der Waals surface area (Å²) >= 11 is 0. The third kappa shape index (κ3) is 4.67. The van der Waals surface area contributed by atoms with Crippen molar-refractivity contribution in [3.05, 3.63) is 59.7 Å². The Bertz CT molecular complexity index is 1100. The van der Waals surface area contributed by atoms with Crippen molar-refractivity contribution in [1.82, 2.24) is 4.90 Å². The Hall–Kier alpha value is -2.64. The van der Waals surface area contributed by atoms with Gasteiger partial charge in [-0.1, -0.05) is 12.1 Å². The molecular formula is C24H29N3O3S. The van der Waals surface area contributed by atoms with E-state index in [1.165, 1.54) is 66.0 Å². The van der Waals surface area contributed by atoms with Crippen molar-refractivity contribution in [2.75, 3.05) is 36.3 Å². The minimum Gasteiger partial charge on any atom is -0.326 e. The number of fused-ring (bicyclic) bond motifs is 1. The second kappa shape index (κ2) is 8.85. The van der Waals surface area contributed by atoms with E-state index in [1.807, 2.05) is 18.2 Å². The lowest BCUT2D eigenvalue weighted by Gasteiger charge is -2.21. The van der Waals surface area contributed by atoms with Gasteiger partial charge in [-0.05, 0) is 91.9 Å². The molecule has 164 valence electrons. The topological polar surface area (TPSA) is 69.7 Å². The number of allylic oxidation sites excluding steroid dienone is 1. The number of likely N-dealkylation sites (tertiary alicyclic amines) is 1. The number of carbonyl (C=O) groups excluding carboxylic acids is 1. The first-order valence-corrected chi connectivity index (χ1v) is 12.2. The number of amides is 1. The highest BCUT2D eigenvalue weighted by Gasteiger charge is 2.24. The Labute approximate surface area is 184 Å². The van der Waals surface area contributed by atoms with Gasteiger partial charge in [0, 0.05) is 26.2 Å². The molecule has 1 aliphatic heterocycles. The van der Waals surface area contributed by atoms with E-state index in [9.17, 15) is 13.2 Å². The molecule has 1 N–H and O–H groups in total. The molecule has 0 bridgehead atoms. The van der Waals surface area contributed by atoms with E-state index in [-0.39, 0.29) is 10.8 Å². The Morgan fingerprint density at radius 2 is 1.81 bits per heavy atom. The van der Waals surface area contributed by atoms with Gasteiger partial charge in [-0.25, -0.2) is 8.42 Å². The van der Waals surface area contributed by atoms with Crippen LogP contribution in [-0.4, -0.2) is 45.9 Å². The highest BCUT2D eigenvalue weighted by Crippen LogP contribution is 2.34. The number of nitrogens with zero attached hydrogens (tertiary/aromatic N) is 2. The summed E-state index contributed by atoms with van der Waals surface area (Å²) in [5, 5.41) is 2.65. The standard InChI is InChI=1S/C24H29N3O3S/c1-18(28)25-21-8-11-23(12-9-21)31(29,30)26(2)22-10-7-19-5-6-20(24(19)17-22)13-16-27-14-3-4-15-27/h6-12,17H,3-5,13-16H2,1-2H3,(H,25,28). The van der Waals surface area contributed by atoms with Crippen LogP contribution in [0.3, 0.4) is 0 Å². The number of carbonyl (C=O) groups is 1. The molecule has 2 aromatic carbocycles. The molecular weight excluding hydrogens is 410 g/mol. The van der Waals surface area contributed by atoms with E-state index in [0.717, 1.165) is 19.4 Å². The zero-order valence-corrected chi connectivity index (χ0v) is 18.9. The number of hydrogen-bond acceptors (Lipinski definition) is 4. The molecule has 0 aromatic heterocycles. The lowest BCUT2D eigenvalue weighted by Crippen LogP contribution is -2.26. The van der Waals surface area contributed by atoms with E-state index >= 15 is 0 Å². The zero-order chi connectivity index (χ0) is 22.0. The molecule has 1 amide bonds. The van der Waals surface area contributed by atoms with Gasteiger partial charge in [0.25, 0.3) is 10.0 Å². The first kappa shape index (κ1) is 21.6. The number of nitrogens with one attached hydrogen (secondary N) is 1. The predicted molar refractivity (Wildman–Crippen MR) is 125 cm³/mol. The van der Waals surface area contributed by atoms with Gasteiger partial charge in [-0.3, -0.25) is 9.10 Å². The number of benzene rings is 2. The SMILES string of the molecule is CC(=O)Nc1ccc(S(=O)(=O)N(C)c2ccc3c(c2)C(CCN2CCCC2)=CC3)cc1. The van der Waals surface area contributed by atoms with Crippen LogP contribution in [0.5, 0.6) is 0 Å². The summed E-state index contributed by atoms with van der Waals surface area (Å²) < 4.78 is 27.7. The van der Waals surface area contributed by atoms with Gasteiger partial charge >= 0.3 is 0 Å². The molecule has 4 rings (SSSR count). The summed E-state index contributed by atoms with van der Waals surface area (Å²) in [6.45, 7) is 4.84. The Morgan fingerprint density at radius 3 is 2.48 bits per heavy atom. The average molecular weight is 440 g/mol. The molecule has 31 heavy (non-hydrogen) atoms. The Kier molecular flexibility index (Phi) is 6.16. The molecule has 0 atom stereocenters. The van der Waals surface area contributed by atoms with Gasteiger partial charge < -0.3 is 10.2 Å². The second-order valence-corrected chi connectivity index (χ2v) is 10.2. The maximum atomic E-state index is 13.2. The molecule has 1 fully saturated rings. The number of anilines is 2. The number of sulfonamides is 1. The minimum atomic E-state index is -3.70. The van der Waals surface area contributed by atoms with E-state index in [0.29, 0.717) is 11.4 Å². The minimum absolute atomic E-state index is 0.189. The molecule has 0 spiro atoms. The van der Waals surface area contributed by atoms with Gasteiger partial charge in [0.15, 0.2) is 0 Å². The van der Waals surface area contributed by atoms with Crippen molar-refractivity contribution in [1.29, 1.82) is 0 Å². The molecule has 2 aromatic rings. The molecule has 0 radical (unpaired) electrons.